The van der Waals surface area contributed by atoms with Gasteiger partial charge in [-0.2, -0.15) is 0 Å². The summed E-state index contributed by atoms with van der Waals surface area (Å²) in [6, 6.07) is 0. The Bertz CT molecular complexity index is 54.9. The van der Waals surface area contributed by atoms with Crippen LogP contribution in [0.1, 0.15) is 32.6 Å². The van der Waals surface area contributed by atoms with Crippen LogP contribution < -0.4 is 0 Å². The minimum atomic E-state index is -0.0980. The molecule has 1 nitrogen and oxygen atoms in total. The molecule has 0 bridgehead atoms. The first-order valence-corrected chi connectivity index (χ1v) is 5.04. The smallest absolute Gasteiger partial charge is 0.0512 e. The topological polar surface area (TPSA) is 20.2 Å². The van der Waals surface area contributed by atoms with Gasteiger partial charge < -0.3 is 5.11 Å². The van der Waals surface area contributed by atoms with Gasteiger partial charge in [-0.15, -0.1) is 0 Å². The summed E-state index contributed by atoms with van der Waals surface area (Å²) in [5.74, 6) is 0. The van der Waals surface area contributed by atoms with Crippen LogP contribution in [0.2, 0.25) is 0 Å². The van der Waals surface area contributed by atoms with Gasteiger partial charge in [0.15, 0.2) is 0 Å². The molecule has 0 saturated heterocycles. The number of halogens is 1. The summed E-state index contributed by atoms with van der Waals surface area (Å²) >= 11 is 2.38. The molecule has 1 N–H and O–H groups in total. The van der Waals surface area contributed by atoms with E-state index in [2.05, 4.69) is 22.6 Å². The molecule has 0 saturated carbocycles. The third-order valence-corrected chi connectivity index (χ3v) is 2.02. The Balaban J connectivity index is 2.75. The molecule has 1 atom stereocenters. The van der Waals surface area contributed by atoms with Gasteiger partial charge in [0.05, 0.1) is 6.10 Å². The lowest BCUT2D eigenvalue weighted by atomic mass is 10.1. The van der Waals surface area contributed by atoms with E-state index in [1.807, 2.05) is 6.92 Å². The van der Waals surface area contributed by atoms with Crippen LogP contribution in [-0.4, -0.2) is 15.6 Å². The maximum atomic E-state index is 8.85. The lowest BCUT2D eigenvalue weighted by molar-refractivity contribution is 0.180. The number of unbranched alkanes of at least 4 members (excludes halogenated alkanes) is 2. The largest absolute Gasteiger partial charge is 0.393 e. The zero-order chi connectivity index (χ0) is 7.11. The number of aliphatic hydroxyl groups excluding tert-OH is 1. The van der Waals surface area contributed by atoms with Crippen molar-refractivity contribution in [2.24, 2.45) is 0 Å². The van der Waals surface area contributed by atoms with Crippen molar-refractivity contribution in [1.82, 2.24) is 0 Å². The fourth-order valence-corrected chi connectivity index (χ4v) is 1.25. The second-order valence-corrected chi connectivity index (χ2v) is 3.47. The average molecular weight is 242 g/mol. The Hall–Kier alpha value is 0.690. The minimum absolute atomic E-state index is 0.0980. The van der Waals surface area contributed by atoms with Gasteiger partial charge in [-0.1, -0.05) is 35.4 Å². The Morgan fingerprint density at radius 2 is 2.00 bits per heavy atom. The first-order valence-electron chi connectivity index (χ1n) is 3.51. The van der Waals surface area contributed by atoms with E-state index >= 15 is 0 Å². The van der Waals surface area contributed by atoms with E-state index in [1.165, 1.54) is 23.7 Å². The Morgan fingerprint density at radius 1 is 1.33 bits per heavy atom. The van der Waals surface area contributed by atoms with E-state index in [0.717, 1.165) is 6.42 Å². The van der Waals surface area contributed by atoms with Crippen LogP contribution in [0.15, 0.2) is 0 Å². The van der Waals surface area contributed by atoms with Crippen molar-refractivity contribution in [3.8, 4) is 0 Å². The van der Waals surface area contributed by atoms with Gasteiger partial charge >= 0.3 is 0 Å². The lowest BCUT2D eigenvalue weighted by Gasteiger charge is -2.01. The van der Waals surface area contributed by atoms with E-state index in [1.54, 1.807) is 0 Å². The molecule has 0 spiro atoms. The van der Waals surface area contributed by atoms with Gasteiger partial charge in [0.1, 0.15) is 0 Å². The van der Waals surface area contributed by atoms with Crippen molar-refractivity contribution in [3.63, 3.8) is 0 Å². The summed E-state index contributed by atoms with van der Waals surface area (Å²) < 4.78 is 1.25. The second-order valence-electron chi connectivity index (χ2n) is 2.39. The Morgan fingerprint density at radius 3 is 2.44 bits per heavy atom. The summed E-state index contributed by atoms with van der Waals surface area (Å²) in [4.78, 5) is 0. The number of aliphatic hydroxyl groups is 1. The summed E-state index contributed by atoms with van der Waals surface area (Å²) in [5, 5.41) is 8.85. The van der Waals surface area contributed by atoms with Crippen molar-refractivity contribution >= 4 is 22.6 Å². The van der Waals surface area contributed by atoms with Crippen molar-refractivity contribution in [2.75, 3.05) is 4.43 Å². The molecule has 9 heavy (non-hydrogen) atoms. The van der Waals surface area contributed by atoms with E-state index in [0.29, 0.717) is 0 Å². The first kappa shape index (κ1) is 9.69. The number of hydrogen-bond donors (Lipinski definition) is 1. The number of alkyl halides is 1. The van der Waals surface area contributed by atoms with Crippen LogP contribution in [0.4, 0.5) is 0 Å². The van der Waals surface area contributed by atoms with Gasteiger partial charge in [-0.05, 0) is 24.2 Å². The average Bonchev–Trinajstić information content (AvgIpc) is 1.80. The highest BCUT2D eigenvalue weighted by molar-refractivity contribution is 14.1. The predicted octanol–water partition coefficient (Wildman–Crippen LogP) is 2.36. The number of hydrogen-bond acceptors (Lipinski definition) is 1. The van der Waals surface area contributed by atoms with E-state index in [9.17, 15) is 0 Å². The molecule has 0 heterocycles. The van der Waals surface area contributed by atoms with Crippen LogP contribution in [0.25, 0.3) is 0 Å². The molecule has 0 aromatic carbocycles. The van der Waals surface area contributed by atoms with E-state index in [4.69, 9.17) is 5.11 Å². The minimum Gasteiger partial charge on any atom is -0.393 e. The highest BCUT2D eigenvalue weighted by Gasteiger charge is 1.93. The molecule has 0 rings (SSSR count). The van der Waals surface area contributed by atoms with Gasteiger partial charge in [0.25, 0.3) is 0 Å². The molecular formula is C7H15IO. The maximum Gasteiger partial charge on any atom is 0.0512 e. The van der Waals surface area contributed by atoms with Crippen LogP contribution in [-0.2, 0) is 0 Å². The molecule has 1 unspecified atom stereocenters. The molecule has 0 amide bonds. The molecule has 0 aliphatic rings. The maximum absolute atomic E-state index is 8.85. The molecule has 0 fully saturated rings. The quantitative estimate of drug-likeness (QED) is 0.445. The first-order chi connectivity index (χ1) is 4.27. The molecular weight excluding hydrogens is 227 g/mol. The van der Waals surface area contributed by atoms with Crippen molar-refractivity contribution in [2.45, 2.75) is 38.7 Å². The fourth-order valence-electron chi connectivity index (χ4n) is 0.711. The summed E-state index contributed by atoms with van der Waals surface area (Å²) in [7, 11) is 0. The molecule has 0 aromatic heterocycles. The van der Waals surface area contributed by atoms with Gasteiger partial charge in [0, 0.05) is 0 Å². The SMILES string of the molecule is CC(O)CCCCCI. The van der Waals surface area contributed by atoms with Crippen molar-refractivity contribution < 1.29 is 5.11 Å². The van der Waals surface area contributed by atoms with Crippen molar-refractivity contribution in [1.29, 1.82) is 0 Å². The lowest BCUT2D eigenvalue weighted by Crippen LogP contribution is -1.98. The monoisotopic (exact) mass is 242 g/mol. The predicted molar refractivity (Wildman–Crippen MR) is 49.0 cm³/mol. The van der Waals surface area contributed by atoms with Crippen LogP contribution >= 0.6 is 22.6 Å². The number of rotatable bonds is 5. The zero-order valence-electron chi connectivity index (χ0n) is 5.94. The normalized spacial score (nSPS) is 13.7. The summed E-state index contributed by atoms with van der Waals surface area (Å²) in [5.41, 5.74) is 0. The van der Waals surface area contributed by atoms with Gasteiger partial charge in [-0.3, -0.25) is 0 Å². The van der Waals surface area contributed by atoms with Crippen LogP contribution in [0, 0.1) is 0 Å². The molecule has 0 aromatic rings. The summed E-state index contributed by atoms with van der Waals surface area (Å²) in [6.45, 7) is 1.85. The van der Waals surface area contributed by atoms with Crippen molar-refractivity contribution in [3.05, 3.63) is 0 Å². The van der Waals surface area contributed by atoms with Gasteiger partial charge in [-0.25, -0.2) is 0 Å². The summed E-state index contributed by atoms with van der Waals surface area (Å²) in [6.07, 6.45) is 4.62. The third kappa shape index (κ3) is 8.69. The Labute approximate surface area is 71.0 Å². The highest BCUT2D eigenvalue weighted by atomic mass is 127. The van der Waals surface area contributed by atoms with Crippen LogP contribution in [0.5, 0.6) is 0 Å². The molecule has 0 radical (unpaired) electrons. The van der Waals surface area contributed by atoms with E-state index < -0.39 is 0 Å². The zero-order valence-corrected chi connectivity index (χ0v) is 8.10. The van der Waals surface area contributed by atoms with Gasteiger partial charge in [0.2, 0.25) is 0 Å². The second kappa shape index (κ2) is 6.81. The molecule has 2 heteroatoms. The fraction of sp³-hybridized carbons (Fsp3) is 1.00. The third-order valence-electron chi connectivity index (χ3n) is 1.26. The van der Waals surface area contributed by atoms with E-state index in [-0.39, 0.29) is 6.10 Å². The Kier molecular flexibility index (Phi) is 7.33. The molecule has 56 valence electrons. The van der Waals surface area contributed by atoms with Crippen LogP contribution in [0.3, 0.4) is 0 Å². The molecule has 0 aliphatic heterocycles. The highest BCUT2D eigenvalue weighted by Crippen LogP contribution is 2.04. The molecule has 0 aliphatic carbocycles. The standard InChI is InChI=1S/C7H15IO/c1-7(9)5-3-2-4-6-8/h7,9H,2-6H2,1H3.